The van der Waals surface area contributed by atoms with Crippen molar-refractivity contribution in [2.24, 2.45) is 0 Å². The van der Waals surface area contributed by atoms with Gasteiger partial charge in [0.25, 0.3) is 0 Å². The molecule has 2 rings (SSSR count). The second-order valence-corrected chi connectivity index (χ2v) is 5.30. The van der Waals surface area contributed by atoms with E-state index in [1.807, 2.05) is 12.1 Å². The molecule has 3 heteroatoms. The van der Waals surface area contributed by atoms with Crippen molar-refractivity contribution in [3.8, 4) is 5.88 Å². The van der Waals surface area contributed by atoms with E-state index in [1.165, 1.54) is 30.4 Å². The Labute approximate surface area is 127 Å². The standard InChI is InChI=1S/C18H24N2O/c1-4-5-6-15-7-9-16(10-8-15)14(2)20-17-11-12-18(21-3)19-13-17/h7-14,20H,4-6H2,1-3H3. The van der Waals surface area contributed by atoms with Gasteiger partial charge in [0, 0.05) is 12.1 Å². The summed E-state index contributed by atoms with van der Waals surface area (Å²) in [6, 6.07) is 13.0. The van der Waals surface area contributed by atoms with Gasteiger partial charge in [-0.1, -0.05) is 37.6 Å². The average molecular weight is 284 g/mol. The van der Waals surface area contributed by atoms with Gasteiger partial charge in [-0.2, -0.15) is 0 Å². The van der Waals surface area contributed by atoms with Gasteiger partial charge in [0.2, 0.25) is 5.88 Å². The average Bonchev–Trinajstić information content (AvgIpc) is 2.54. The Kier molecular flexibility index (Phi) is 5.61. The van der Waals surface area contributed by atoms with E-state index >= 15 is 0 Å². The summed E-state index contributed by atoms with van der Waals surface area (Å²) in [5.41, 5.74) is 3.70. The third kappa shape index (κ3) is 4.48. The topological polar surface area (TPSA) is 34.1 Å². The molecule has 0 fully saturated rings. The fourth-order valence-corrected chi connectivity index (χ4v) is 2.27. The third-order valence-electron chi connectivity index (χ3n) is 3.63. The molecule has 0 saturated heterocycles. The van der Waals surface area contributed by atoms with E-state index in [4.69, 9.17) is 4.74 Å². The molecule has 0 amide bonds. The van der Waals surface area contributed by atoms with Gasteiger partial charge in [-0.05, 0) is 37.0 Å². The van der Waals surface area contributed by atoms with Gasteiger partial charge in [0.1, 0.15) is 0 Å². The summed E-state index contributed by atoms with van der Waals surface area (Å²) in [7, 11) is 1.62. The first-order valence-electron chi connectivity index (χ1n) is 7.58. The largest absolute Gasteiger partial charge is 0.481 e. The van der Waals surface area contributed by atoms with Crippen LogP contribution in [0.25, 0.3) is 0 Å². The number of ether oxygens (including phenoxy) is 1. The minimum absolute atomic E-state index is 0.250. The van der Waals surface area contributed by atoms with Crippen molar-refractivity contribution in [2.45, 2.75) is 39.2 Å². The molecule has 1 aromatic carbocycles. The summed E-state index contributed by atoms with van der Waals surface area (Å²) in [6.07, 6.45) is 5.46. The van der Waals surface area contributed by atoms with Crippen LogP contribution in [0.4, 0.5) is 5.69 Å². The molecule has 112 valence electrons. The number of benzene rings is 1. The lowest BCUT2D eigenvalue weighted by molar-refractivity contribution is 0.398. The Morgan fingerprint density at radius 2 is 1.90 bits per heavy atom. The van der Waals surface area contributed by atoms with E-state index in [9.17, 15) is 0 Å². The highest BCUT2D eigenvalue weighted by atomic mass is 16.5. The Morgan fingerprint density at radius 3 is 2.48 bits per heavy atom. The van der Waals surface area contributed by atoms with E-state index in [0.717, 1.165) is 5.69 Å². The molecule has 1 heterocycles. The van der Waals surface area contributed by atoms with E-state index in [-0.39, 0.29) is 6.04 Å². The van der Waals surface area contributed by atoms with Crippen molar-refractivity contribution in [3.63, 3.8) is 0 Å². The molecular formula is C18H24N2O. The molecule has 0 bridgehead atoms. The van der Waals surface area contributed by atoms with Gasteiger partial charge in [0.15, 0.2) is 0 Å². The monoisotopic (exact) mass is 284 g/mol. The zero-order valence-corrected chi connectivity index (χ0v) is 13.1. The molecule has 0 aliphatic heterocycles. The third-order valence-corrected chi connectivity index (χ3v) is 3.63. The fraction of sp³-hybridized carbons (Fsp3) is 0.389. The van der Waals surface area contributed by atoms with E-state index in [2.05, 4.69) is 48.4 Å². The van der Waals surface area contributed by atoms with Crippen LogP contribution in [0.15, 0.2) is 42.6 Å². The van der Waals surface area contributed by atoms with Crippen molar-refractivity contribution in [1.82, 2.24) is 4.98 Å². The van der Waals surface area contributed by atoms with Gasteiger partial charge in [-0.3, -0.25) is 0 Å². The maximum Gasteiger partial charge on any atom is 0.213 e. The summed E-state index contributed by atoms with van der Waals surface area (Å²) in [5.74, 6) is 0.633. The zero-order valence-electron chi connectivity index (χ0n) is 13.1. The highest BCUT2D eigenvalue weighted by Gasteiger charge is 2.06. The number of nitrogens with zero attached hydrogens (tertiary/aromatic N) is 1. The van der Waals surface area contributed by atoms with Gasteiger partial charge in [-0.25, -0.2) is 4.98 Å². The van der Waals surface area contributed by atoms with Crippen LogP contribution < -0.4 is 10.1 Å². The first-order valence-corrected chi connectivity index (χ1v) is 7.58. The van der Waals surface area contributed by atoms with E-state index in [0.29, 0.717) is 5.88 Å². The maximum absolute atomic E-state index is 5.07. The number of nitrogens with one attached hydrogen (secondary N) is 1. The molecule has 0 radical (unpaired) electrons. The number of rotatable bonds is 7. The maximum atomic E-state index is 5.07. The van der Waals surface area contributed by atoms with Crippen LogP contribution in [-0.4, -0.2) is 12.1 Å². The van der Waals surface area contributed by atoms with Crippen molar-refractivity contribution in [1.29, 1.82) is 0 Å². The molecule has 1 unspecified atom stereocenters. The highest BCUT2D eigenvalue weighted by molar-refractivity contribution is 5.44. The quantitative estimate of drug-likeness (QED) is 0.806. The van der Waals surface area contributed by atoms with E-state index < -0.39 is 0 Å². The molecule has 0 aliphatic rings. The molecule has 21 heavy (non-hydrogen) atoms. The van der Waals surface area contributed by atoms with Crippen LogP contribution in [0.3, 0.4) is 0 Å². The van der Waals surface area contributed by atoms with Gasteiger partial charge in [0.05, 0.1) is 19.0 Å². The van der Waals surface area contributed by atoms with Crippen LogP contribution in [0, 0.1) is 0 Å². The second kappa shape index (κ2) is 7.67. The molecule has 0 saturated carbocycles. The molecule has 1 atom stereocenters. The summed E-state index contributed by atoms with van der Waals surface area (Å²) in [5, 5.41) is 3.45. The number of pyridine rings is 1. The number of methoxy groups -OCH3 is 1. The van der Waals surface area contributed by atoms with Crippen LogP contribution in [0.5, 0.6) is 5.88 Å². The number of aromatic nitrogens is 1. The minimum atomic E-state index is 0.250. The van der Waals surface area contributed by atoms with Crippen molar-refractivity contribution in [2.75, 3.05) is 12.4 Å². The van der Waals surface area contributed by atoms with Crippen LogP contribution in [0.2, 0.25) is 0 Å². The summed E-state index contributed by atoms with van der Waals surface area (Å²) < 4.78 is 5.07. The number of hydrogen-bond acceptors (Lipinski definition) is 3. The first-order chi connectivity index (χ1) is 10.2. The van der Waals surface area contributed by atoms with Crippen LogP contribution in [-0.2, 0) is 6.42 Å². The predicted octanol–water partition coefficient (Wildman–Crippen LogP) is 4.61. The predicted molar refractivity (Wildman–Crippen MR) is 87.9 cm³/mol. The molecule has 3 nitrogen and oxygen atoms in total. The Hall–Kier alpha value is -2.03. The lowest BCUT2D eigenvalue weighted by Crippen LogP contribution is -2.07. The van der Waals surface area contributed by atoms with Crippen molar-refractivity contribution >= 4 is 5.69 Å². The molecule has 2 aromatic rings. The lowest BCUT2D eigenvalue weighted by Gasteiger charge is -2.16. The molecule has 1 N–H and O–H groups in total. The summed E-state index contributed by atoms with van der Waals surface area (Å²) in [4.78, 5) is 4.21. The Balaban J connectivity index is 1.96. The molecule has 1 aromatic heterocycles. The Morgan fingerprint density at radius 1 is 1.14 bits per heavy atom. The van der Waals surface area contributed by atoms with Gasteiger partial charge in [-0.15, -0.1) is 0 Å². The van der Waals surface area contributed by atoms with Crippen LogP contribution >= 0.6 is 0 Å². The number of anilines is 1. The molecular weight excluding hydrogens is 260 g/mol. The lowest BCUT2D eigenvalue weighted by atomic mass is 10.0. The SMILES string of the molecule is CCCCc1ccc(C(C)Nc2ccc(OC)nc2)cc1. The molecule has 0 spiro atoms. The van der Waals surface area contributed by atoms with Gasteiger partial charge < -0.3 is 10.1 Å². The van der Waals surface area contributed by atoms with Crippen molar-refractivity contribution in [3.05, 3.63) is 53.7 Å². The summed E-state index contributed by atoms with van der Waals surface area (Å²) in [6.45, 7) is 4.38. The second-order valence-electron chi connectivity index (χ2n) is 5.30. The first kappa shape index (κ1) is 15.4. The Bertz CT molecular complexity index is 534. The minimum Gasteiger partial charge on any atom is -0.481 e. The zero-order chi connectivity index (χ0) is 15.1. The smallest absolute Gasteiger partial charge is 0.213 e. The number of unbranched alkanes of at least 4 members (excludes halogenated alkanes) is 1. The fourth-order valence-electron chi connectivity index (χ4n) is 2.27. The molecule has 0 aliphatic carbocycles. The summed E-state index contributed by atoms with van der Waals surface area (Å²) >= 11 is 0. The van der Waals surface area contributed by atoms with Crippen molar-refractivity contribution < 1.29 is 4.74 Å². The normalized spacial score (nSPS) is 12.0. The number of aryl methyl sites for hydroxylation is 1. The number of hydrogen-bond donors (Lipinski definition) is 1. The highest BCUT2D eigenvalue weighted by Crippen LogP contribution is 2.20. The van der Waals surface area contributed by atoms with Crippen LogP contribution in [0.1, 0.15) is 43.9 Å². The van der Waals surface area contributed by atoms with Gasteiger partial charge >= 0.3 is 0 Å². The van der Waals surface area contributed by atoms with E-state index in [1.54, 1.807) is 13.3 Å².